The lowest BCUT2D eigenvalue weighted by Crippen LogP contribution is -2.29. The highest BCUT2D eigenvalue weighted by atomic mass is 16.5. The average Bonchev–Trinajstić information content (AvgIpc) is 2.98. The standard InChI is InChI=1S/C24H34O6/c1-4-5-13-24(2,3)21(26)12-11-17-18(14-22(27)28)19(25)15-20(17)30-23(29)16-9-7-6-8-10-16/h6-12,17-21,25-26H,4-5,13-15H2,1-3H3,(H,27,28)/t17-,18-,19+,20-,21?/m1/s1. The summed E-state index contributed by atoms with van der Waals surface area (Å²) in [6.45, 7) is 6.08. The van der Waals surface area contributed by atoms with Crippen LogP contribution < -0.4 is 0 Å². The first-order valence-electron chi connectivity index (χ1n) is 10.7. The van der Waals surface area contributed by atoms with Gasteiger partial charge in [0.05, 0.1) is 24.2 Å². The van der Waals surface area contributed by atoms with Gasteiger partial charge in [-0.1, -0.05) is 64.0 Å². The highest BCUT2D eigenvalue weighted by Crippen LogP contribution is 2.39. The molecule has 1 aromatic carbocycles. The van der Waals surface area contributed by atoms with E-state index in [0.29, 0.717) is 5.56 Å². The number of esters is 1. The lowest BCUT2D eigenvalue weighted by atomic mass is 9.80. The first kappa shape index (κ1) is 24.1. The van der Waals surface area contributed by atoms with Crippen LogP contribution in [0.2, 0.25) is 0 Å². The predicted octanol–water partition coefficient (Wildman–Crippen LogP) is 3.82. The van der Waals surface area contributed by atoms with Crippen LogP contribution in [0, 0.1) is 17.3 Å². The SMILES string of the molecule is CCCCC(C)(C)C(O)C=C[C@@H]1[C@@H](CC(=O)O)[C@@H](O)C[C@H]1OC(=O)c1ccccc1. The molecule has 0 amide bonds. The maximum absolute atomic E-state index is 12.5. The van der Waals surface area contributed by atoms with Crippen LogP contribution in [0.25, 0.3) is 0 Å². The molecule has 5 atom stereocenters. The van der Waals surface area contributed by atoms with E-state index in [2.05, 4.69) is 6.92 Å². The van der Waals surface area contributed by atoms with Crippen LogP contribution in [-0.4, -0.2) is 45.6 Å². The summed E-state index contributed by atoms with van der Waals surface area (Å²) in [7, 11) is 0. The molecule has 1 saturated carbocycles. The molecule has 1 unspecified atom stereocenters. The summed E-state index contributed by atoms with van der Waals surface area (Å²) in [5.74, 6) is -2.60. The van der Waals surface area contributed by atoms with Crippen molar-refractivity contribution in [2.24, 2.45) is 17.3 Å². The summed E-state index contributed by atoms with van der Waals surface area (Å²) in [5, 5.41) is 30.4. The summed E-state index contributed by atoms with van der Waals surface area (Å²) in [6, 6.07) is 8.56. The van der Waals surface area contributed by atoms with E-state index in [1.165, 1.54) is 0 Å². The minimum absolute atomic E-state index is 0.168. The molecule has 6 nitrogen and oxygen atoms in total. The van der Waals surface area contributed by atoms with Gasteiger partial charge in [-0.05, 0) is 24.0 Å². The molecule has 0 heterocycles. The van der Waals surface area contributed by atoms with Gasteiger partial charge in [0, 0.05) is 18.3 Å². The minimum Gasteiger partial charge on any atom is -0.481 e. The number of aliphatic hydroxyl groups is 2. The third-order valence-corrected chi connectivity index (χ3v) is 6.06. The quantitative estimate of drug-likeness (QED) is 0.394. The number of benzene rings is 1. The fourth-order valence-corrected chi connectivity index (χ4v) is 4.02. The zero-order chi connectivity index (χ0) is 22.3. The Morgan fingerprint density at radius 1 is 1.27 bits per heavy atom. The Morgan fingerprint density at radius 2 is 1.93 bits per heavy atom. The van der Waals surface area contributed by atoms with Crippen molar-refractivity contribution in [1.29, 1.82) is 0 Å². The van der Waals surface area contributed by atoms with Gasteiger partial charge in [0.25, 0.3) is 0 Å². The van der Waals surface area contributed by atoms with Crippen LogP contribution in [0.15, 0.2) is 42.5 Å². The van der Waals surface area contributed by atoms with Gasteiger partial charge in [0.1, 0.15) is 6.10 Å². The first-order valence-corrected chi connectivity index (χ1v) is 10.7. The number of aliphatic carboxylic acids is 1. The molecule has 0 saturated heterocycles. The monoisotopic (exact) mass is 418 g/mol. The lowest BCUT2D eigenvalue weighted by Gasteiger charge is -2.29. The van der Waals surface area contributed by atoms with Crippen LogP contribution in [-0.2, 0) is 9.53 Å². The molecule has 1 aromatic rings. The molecule has 6 heteroatoms. The smallest absolute Gasteiger partial charge is 0.338 e. The van der Waals surface area contributed by atoms with Gasteiger partial charge in [-0.3, -0.25) is 4.79 Å². The molecule has 1 fully saturated rings. The van der Waals surface area contributed by atoms with Gasteiger partial charge < -0.3 is 20.1 Å². The fraction of sp³-hybridized carbons (Fsp3) is 0.583. The van der Waals surface area contributed by atoms with Crippen molar-refractivity contribution in [3.05, 3.63) is 48.0 Å². The van der Waals surface area contributed by atoms with E-state index in [0.717, 1.165) is 19.3 Å². The molecule has 0 aliphatic heterocycles. The number of carboxylic acid groups (broad SMARTS) is 1. The van der Waals surface area contributed by atoms with Gasteiger partial charge >= 0.3 is 11.9 Å². The number of hydrogen-bond donors (Lipinski definition) is 3. The van der Waals surface area contributed by atoms with E-state index in [4.69, 9.17) is 4.74 Å². The Bertz CT molecular complexity index is 726. The highest BCUT2D eigenvalue weighted by molar-refractivity contribution is 5.89. The highest BCUT2D eigenvalue weighted by Gasteiger charge is 2.44. The van der Waals surface area contributed by atoms with Crippen LogP contribution in [0.5, 0.6) is 0 Å². The van der Waals surface area contributed by atoms with Gasteiger partial charge in [-0.2, -0.15) is 0 Å². The van der Waals surface area contributed by atoms with Crippen molar-refractivity contribution in [2.45, 2.75) is 71.2 Å². The molecular weight excluding hydrogens is 384 g/mol. The zero-order valence-electron chi connectivity index (χ0n) is 18.0. The number of carbonyl (C=O) groups is 2. The summed E-state index contributed by atoms with van der Waals surface area (Å²) < 4.78 is 5.65. The van der Waals surface area contributed by atoms with E-state index in [-0.39, 0.29) is 18.3 Å². The second kappa shape index (κ2) is 10.7. The largest absolute Gasteiger partial charge is 0.481 e. The van der Waals surface area contributed by atoms with Crippen molar-refractivity contribution in [3.8, 4) is 0 Å². The zero-order valence-corrected chi connectivity index (χ0v) is 18.0. The summed E-state index contributed by atoms with van der Waals surface area (Å²) >= 11 is 0. The van der Waals surface area contributed by atoms with Crippen LogP contribution >= 0.6 is 0 Å². The van der Waals surface area contributed by atoms with E-state index in [1.807, 2.05) is 13.8 Å². The topological polar surface area (TPSA) is 104 Å². The molecule has 1 aliphatic rings. The second-order valence-electron chi connectivity index (χ2n) is 8.87. The van der Waals surface area contributed by atoms with Gasteiger partial charge in [0.2, 0.25) is 0 Å². The molecule has 0 spiro atoms. The number of aliphatic hydroxyl groups excluding tert-OH is 2. The molecule has 0 aromatic heterocycles. The molecular formula is C24H34O6. The number of carboxylic acids is 1. The third kappa shape index (κ3) is 6.41. The first-order chi connectivity index (χ1) is 14.2. The molecule has 30 heavy (non-hydrogen) atoms. The number of rotatable bonds is 10. The lowest BCUT2D eigenvalue weighted by molar-refractivity contribution is -0.139. The van der Waals surface area contributed by atoms with Gasteiger partial charge in [-0.15, -0.1) is 0 Å². The number of unbranched alkanes of at least 4 members (excludes halogenated alkanes) is 1. The average molecular weight is 419 g/mol. The Kier molecular flexibility index (Phi) is 8.62. The minimum atomic E-state index is -1.02. The molecule has 3 N–H and O–H groups in total. The van der Waals surface area contributed by atoms with E-state index in [9.17, 15) is 24.9 Å². The third-order valence-electron chi connectivity index (χ3n) is 6.06. The molecule has 1 aliphatic carbocycles. The van der Waals surface area contributed by atoms with Crippen molar-refractivity contribution in [3.63, 3.8) is 0 Å². The van der Waals surface area contributed by atoms with Gasteiger partial charge in [-0.25, -0.2) is 4.79 Å². The Balaban J connectivity index is 2.19. The van der Waals surface area contributed by atoms with Crippen LogP contribution in [0.3, 0.4) is 0 Å². The second-order valence-corrected chi connectivity index (χ2v) is 8.87. The predicted molar refractivity (Wildman–Crippen MR) is 114 cm³/mol. The fourth-order valence-electron chi connectivity index (χ4n) is 4.02. The van der Waals surface area contributed by atoms with E-state index >= 15 is 0 Å². The van der Waals surface area contributed by atoms with Crippen molar-refractivity contribution in [1.82, 2.24) is 0 Å². The van der Waals surface area contributed by atoms with Crippen molar-refractivity contribution < 1.29 is 29.6 Å². The molecule has 166 valence electrons. The molecule has 0 bridgehead atoms. The maximum Gasteiger partial charge on any atom is 0.338 e. The van der Waals surface area contributed by atoms with Crippen LogP contribution in [0.4, 0.5) is 0 Å². The summed E-state index contributed by atoms with van der Waals surface area (Å²) in [5.41, 5.74) is 0.0690. The number of ether oxygens (including phenoxy) is 1. The summed E-state index contributed by atoms with van der Waals surface area (Å²) in [4.78, 5) is 23.8. The normalized spacial score (nSPS) is 25.4. The number of carbonyl (C=O) groups excluding carboxylic acids is 1. The molecule has 2 rings (SSSR count). The maximum atomic E-state index is 12.5. The number of hydrogen-bond acceptors (Lipinski definition) is 5. The Hall–Kier alpha value is -2.18. The van der Waals surface area contributed by atoms with E-state index < -0.39 is 42.1 Å². The Morgan fingerprint density at radius 3 is 2.53 bits per heavy atom. The van der Waals surface area contributed by atoms with Crippen molar-refractivity contribution >= 4 is 11.9 Å². The van der Waals surface area contributed by atoms with Crippen LogP contribution in [0.1, 0.15) is 63.2 Å². The molecule has 0 radical (unpaired) electrons. The summed E-state index contributed by atoms with van der Waals surface area (Å²) in [6.07, 6.45) is 3.94. The van der Waals surface area contributed by atoms with E-state index in [1.54, 1.807) is 42.5 Å². The Labute approximate surface area is 178 Å². The van der Waals surface area contributed by atoms with Gasteiger partial charge in [0.15, 0.2) is 0 Å². The van der Waals surface area contributed by atoms with Crippen molar-refractivity contribution in [2.75, 3.05) is 0 Å².